The molecule has 0 aromatic carbocycles. The van der Waals surface area contributed by atoms with Gasteiger partial charge in [-0.1, -0.05) is 19.8 Å². The maximum atomic E-state index is 5.68. The fourth-order valence-electron chi connectivity index (χ4n) is 1.29. The number of hydrogen-bond donors (Lipinski definition) is 2. The second-order valence-corrected chi connectivity index (χ2v) is 4.48. The zero-order valence-corrected chi connectivity index (χ0v) is 9.95. The van der Waals surface area contributed by atoms with Gasteiger partial charge in [0.1, 0.15) is 10.8 Å². The van der Waals surface area contributed by atoms with Gasteiger partial charge in [-0.3, -0.25) is 0 Å². The first kappa shape index (κ1) is 11.3. The second kappa shape index (κ2) is 5.20. The summed E-state index contributed by atoms with van der Waals surface area (Å²) in [4.78, 5) is 0. The van der Waals surface area contributed by atoms with Crippen LogP contribution < -0.4 is 11.1 Å². The van der Waals surface area contributed by atoms with E-state index in [1.165, 1.54) is 30.8 Å². The van der Waals surface area contributed by atoms with Crippen LogP contribution in [0.15, 0.2) is 0 Å². The zero-order valence-electron chi connectivity index (χ0n) is 9.13. The number of aromatic nitrogens is 1. The SMILES string of the molecule is CCCCC(C)Nc1snc(N)c1C. The monoisotopic (exact) mass is 213 g/mol. The number of unbranched alkanes of at least 4 members (excludes halogenated alkanes) is 1. The van der Waals surface area contributed by atoms with E-state index in [0.29, 0.717) is 11.9 Å². The highest BCUT2D eigenvalue weighted by Gasteiger charge is 2.08. The molecule has 1 atom stereocenters. The van der Waals surface area contributed by atoms with Crippen molar-refractivity contribution in [3.63, 3.8) is 0 Å². The van der Waals surface area contributed by atoms with Crippen LogP contribution in [-0.4, -0.2) is 10.4 Å². The molecule has 1 heterocycles. The van der Waals surface area contributed by atoms with Crippen molar-refractivity contribution in [2.45, 2.75) is 46.1 Å². The summed E-state index contributed by atoms with van der Waals surface area (Å²) in [6.07, 6.45) is 3.71. The van der Waals surface area contributed by atoms with Gasteiger partial charge in [0.15, 0.2) is 0 Å². The molecule has 0 saturated carbocycles. The summed E-state index contributed by atoms with van der Waals surface area (Å²) < 4.78 is 4.11. The van der Waals surface area contributed by atoms with Crippen LogP contribution in [0.1, 0.15) is 38.7 Å². The maximum Gasteiger partial charge on any atom is 0.142 e. The first-order valence-electron chi connectivity index (χ1n) is 5.13. The zero-order chi connectivity index (χ0) is 10.6. The van der Waals surface area contributed by atoms with Crippen molar-refractivity contribution in [1.29, 1.82) is 0 Å². The van der Waals surface area contributed by atoms with Gasteiger partial charge >= 0.3 is 0 Å². The van der Waals surface area contributed by atoms with Gasteiger partial charge in [0.25, 0.3) is 0 Å². The topological polar surface area (TPSA) is 50.9 Å². The van der Waals surface area contributed by atoms with Gasteiger partial charge in [0, 0.05) is 11.6 Å². The minimum atomic E-state index is 0.508. The lowest BCUT2D eigenvalue weighted by atomic mass is 10.1. The van der Waals surface area contributed by atoms with Gasteiger partial charge in [-0.25, -0.2) is 0 Å². The average molecular weight is 213 g/mol. The largest absolute Gasteiger partial charge is 0.383 e. The molecule has 0 aliphatic carbocycles. The van der Waals surface area contributed by atoms with E-state index in [1.54, 1.807) is 0 Å². The van der Waals surface area contributed by atoms with Crippen LogP contribution in [0, 0.1) is 6.92 Å². The lowest BCUT2D eigenvalue weighted by Crippen LogP contribution is -2.14. The van der Waals surface area contributed by atoms with Gasteiger partial charge in [-0.15, -0.1) is 0 Å². The minimum Gasteiger partial charge on any atom is -0.383 e. The van der Waals surface area contributed by atoms with Crippen LogP contribution in [-0.2, 0) is 0 Å². The van der Waals surface area contributed by atoms with E-state index in [0.717, 1.165) is 10.6 Å². The Bertz CT molecular complexity index is 283. The Kier molecular flexibility index (Phi) is 4.20. The predicted octanol–water partition coefficient (Wildman–Crippen LogP) is 3.02. The van der Waals surface area contributed by atoms with Crippen molar-refractivity contribution < 1.29 is 0 Å². The average Bonchev–Trinajstić information content (AvgIpc) is 2.46. The van der Waals surface area contributed by atoms with Crippen molar-refractivity contribution in [3.8, 4) is 0 Å². The highest BCUT2D eigenvalue weighted by atomic mass is 32.1. The van der Waals surface area contributed by atoms with Crippen LogP contribution in [0.5, 0.6) is 0 Å². The number of nitrogens with zero attached hydrogens (tertiary/aromatic N) is 1. The van der Waals surface area contributed by atoms with Gasteiger partial charge in [-0.05, 0) is 31.8 Å². The number of hydrogen-bond acceptors (Lipinski definition) is 4. The smallest absolute Gasteiger partial charge is 0.142 e. The fourth-order valence-corrected chi connectivity index (χ4v) is 2.11. The summed E-state index contributed by atoms with van der Waals surface area (Å²) in [6, 6.07) is 0.508. The summed E-state index contributed by atoms with van der Waals surface area (Å²) in [5.41, 5.74) is 6.76. The molecule has 4 heteroatoms. The molecule has 1 aromatic heterocycles. The Hall–Kier alpha value is -0.770. The molecule has 0 fully saturated rings. The molecular formula is C10H19N3S. The van der Waals surface area contributed by atoms with Crippen molar-refractivity contribution in [1.82, 2.24) is 4.37 Å². The van der Waals surface area contributed by atoms with Crippen molar-refractivity contribution in [3.05, 3.63) is 5.56 Å². The third-order valence-electron chi connectivity index (χ3n) is 2.33. The quantitative estimate of drug-likeness (QED) is 0.790. The molecule has 14 heavy (non-hydrogen) atoms. The van der Waals surface area contributed by atoms with Gasteiger partial charge in [0.2, 0.25) is 0 Å². The van der Waals surface area contributed by atoms with Crippen LogP contribution in [0.4, 0.5) is 10.8 Å². The molecule has 0 amide bonds. The van der Waals surface area contributed by atoms with E-state index in [2.05, 4.69) is 23.5 Å². The Morgan fingerprint density at radius 3 is 2.79 bits per heavy atom. The van der Waals surface area contributed by atoms with Gasteiger partial charge in [-0.2, -0.15) is 4.37 Å². The first-order valence-corrected chi connectivity index (χ1v) is 5.90. The summed E-state index contributed by atoms with van der Waals surface area (Å²) >= 11 is 1.45. The normalized spacial score (nSPS) is 12.8. The number of rotatable bonds is 5. The van der Waals surface area contributed by atoms with Crippen molar-refractivity contribution in [2.75, 3.05) is 11.1 Å². The van der Waals surface area contributed by atoms with E-state index in [9.17, 15) is 0 Å². The van der Waals surface area contributed by atoms with Crippen LogP contribution in [0.3, 0.4) is 0 Å². The Morgan fingerprint density at radius 2 is 2.29 bits per heavy atom. The molecule has 1 unspecified atom stereocenters. The van der Waals surface area contributed by atoms with E-state index in [1.807, 2.05) is 6.92 Å². The van der Waals surface area contributed by atoms with Crippen LogP contribution in [0.2, 0.25) is 0 Å². The van der Waals surface area contributed by atoms with E-state index >= 15 is 0 Å². The molecule has 0 radical (unpaired) electrons. The molecule has 3 N–H and O–H groups in total. The third kappa shape index (κ3) is 2.87. The van der Waals surface area contributed by atoms with Crippen molar-refractivity contribution >= 4 is 22.4 Å². The second-order valence-electron chi connectivity index (χ2n) is 3.71. The Balaban J connectivity index is 2.47. The number of nitrogens with one attached hydrogen (secondary N) is 1. The van der Waals surface area contributed by atoms with Gasteiger partial charge < -0.3 is 11.1 Å². The molecule has 3 nitrogen and oxygen atoms in total. The number of nitrogen functional groups attached to an aromatic ring is 1. The molecule has 1 aromatic rings. The highest BCUT2D eigenvalue weighted by Crippen LogP contribution is 2.26. The molecule has 80 valence electrons. The van der Waals surface area contributed by atoms with E-state index in [-0.39, 0.29) is 0 Å². The summed E-state index contributed by atoms with van der Waals surface area (Å²) in [5.74, 6) is 0.653. The summed E-state index contributed by atoms with van der Waals surface area (Å²) in [7, 11) is 0. The number of nitrogens with two attached hydrogens (primary N) is 1. The fraction of sp³-hybridized carbons (Fsp3) is 0.700. The predicted molar refractivity (Wildman–Crippen MR) is 63.9 cm³/mol. The summed E-state index contributed by atoms with van der Waals surface area (Å²) in [6.45, 7) is 6.42. The molecule has 0 bridgehead atoms. The molecule has 0 saturated heterocycles. The van der Waals surface area contributed by atoms with Crippen molar-refractivity contribution in [2.24, 2.45) is 0 Å². The molecule has 0 aliphatic rings. The molecular weight excluding hydrogens is 194 g/mol. The number of anilines is 2. The minimum absolute atomic E-state index is 0.508. The van der Waals surface area contributed by atoms with Gasteiger partial charge in [0.05, 0.1) is 0 Å². The standard InChI is InChI=1S/C10H19N3S/c1-4-5-6-7(2)12-10-8(3)9(11)13-14-10/h7,12H,4-6H2,1-3H3,(H2,11,13). The third-order valence-corrected chi connectivity index (χ3v) is 3.22. The van der Waals surface area contributed by atoms with Crippen LogP contribution >= 0.6 is 11.5 Å². The Morgan fingerprint density at radius 1 is 1.57 bits per heavy atom. The Labute approximate surface area is 89.9 Å². The lowest BCUT2D eigenvalue weighted by molar-refractivity contribution is 0.646. The van der Waals surface area contributed by atoms with E-state index < -0.39 is 0 Å². The highest BCUT2D eigenvalue weighted by molar-refractivity contribution is 7.10. The molecule has 1 rings (SSSR count). The van der Waals surface area contributed by atoms with Crippen LogP contribution in [0.25, 0.3) is 0 Å². The first-order chi connectivity index (χ1) is 6.65. The maximum absolute atomic E-state index is 5.68. The summed E-state index contributed by atoms with van der Waals surface area (Å²) in [5, 5.41) is 4.56. The lowest BCUT2D eigenvalue weighted by Gasteiger charge is -2.13. The van der Waals surface area contributed by atoms with E-state index in [4.69, 9.17) is 5.73 Å². The molecule has 0 aliphatic heterocycles. The molecule has 0 spiro atoms.